The van der Waals surface area contributed by atoms with Crippen molar-refractivity contribution >= 4 is 49.6 Å². The molecular weight excluding hydrogens is 941 g/mol. The number of rotatable bonds is 11. The zero-order valence-electron chi connectivity index (χ0n) is 42.9. The molecule has 14 aromatic rings. The molecule has 0 amide bonds. The molecule has 0 fully saturated rings. The van der Waals surface area contributed by atoms with E-state index in [2.05, 4.69) is 325 Å². The summed E-state index contributed by atoms with van der Waals surface area (Å²) in [5.41, 5.74) is 23.4. The molecule has 0 unspecified atom stereocenters. The van der Waals surface area contributed by atoms with Gasteiger partial charge in [0.1, 0.15) is 0 Å². The second kappa shape index (κ2) is 20.1. The number of hydrogen-bond donors (Lipinski definition) is 0. The first-order valence-corrected chi connectivity index (χ1v) is 26.8. The number of nitrogens with zero attached hydrogens (tertiary/aromatic N) is 2. The molecule has 13 aromatic carbocycles. The SMILES string of the molecule is c1ccc(-c2cc(-c3ccccc3)cc(-c3ccc(N(c4ccc(-c5ccc(-c6ccccc6-n6c7ccccc7c7ccccc76)cc5)cc4)c4ccc(-c5cccc(-c6ccc7ccccc7c6)c5)cc4)cc3)c2)cc1. The Bertz CT molecular complexity index is 4330. The molecule has 0 aliphatic rings. The average molecular weight is 993 g/mol. The summed E-state index contributed by atoms with van der Waals surface area (Å²) in [5.74, 6) is 0. The van der Waals surface area contributed by atoms with Crippen LogP contribution in [0.5, 0.6) is 0 Å². The summed E-state index contributed by atoms with van der Waals surface area (Å²) in [6, 6.07) is 115. The van der Waals surface area contributed by atoms with Crippen LogP contribution < -0.4 is 4.90 Å². The molecule has 1 aromatic heterocycles. The van der Waals surface area contributed by atoms with E-state index < -0.39 is 0 Å². The molecule has 1 heterocycles. The van der Waals surface area contributed by atoms with Crippen LogP contribution in [0.2, 0.25) is 0 Å². The van der Waals surface area contributed by atoms with Crippen molar-refractivity contribution in [1.82, 2.24) is 4.57 Å². The highest BCUT2D eigenvalue weighted by atomic mass is 15.1. The molecule has 0 aliphatic heterocycles. The molecule has 0 aliphatic carbocycles. The Labute approximate surface area is 455 Å². The van der Waals surface area contributed by atoms with Crippen LogP contribution in [0.3, 0.4) is 0 Å². The Balaban J connectivity index is 0.806. The van der Waals surface area contributed by atoms with Crippen LogP contribution in [0.15, 0.2) is 315 Å². The summed E-state index contributed by atoms with van der Waals surface area (Å²) in [5, 5.41) is 5.01. The molecule has 0 spiro atoms. The zero-order chi connectivity index (χ0) is 51.8. The minimum atomic E-state index is 1.08. The smallest absolute Gasteiger partial charge is 0.0541 e. The van der Waals surface area contributed by atoms with Crippen molar-refractivity contribution in [2.75, 3.05) is 4.90 Å². The number of aromatic nitrogens is 1. The van der Waals surface area contributed by atoms with Crippen molar-refractivity contribution in [2.45, 2.75) is 0 Å². The molecule has 0 radical (unpaired) electrons. The van der Waals surface area contributed by atoms with Gasteiger partial charge in [0.25, 0.3) is 0 Å². The molecule has 366 valence electrons. The van der Waals surface area contributed by atoms with E-state index in [4.69, 9.17) is 0 Å². The van der Waals surface area contributed by atoms with E-state index in [1.807, 2.05) is 0 Å². The van der Waals surface area contributed by atoms with Gasteiger partial charge in [0.2, 0.25) is 0 Å². The monoisotopic (exact) mass is 992 g/mol. The number of fused-ring (bicyclic) bond motifs is 4. The molecule has 0 saturated heterocycles. The normalized spacial score (nSPS) is 11.3. The van der Waals surface area contributed by atoms with E-state index in [1.165, 1.54) is 105 Å². The van der Waals surface area contributed by atoms with Gasteiger partial charge in [-0.1, -0.05) is 231 Å². The Morgan fingerprint density at radius 1 is 0.205 bits per heavy atom. The highest BCUT2D eigenvalue weighted by Gasteiger charge is 2.18. The molecule has 2 heteroatoms. The Hall–Kier alpha value is -10.3. The third kappa shape index (κ3) is 8.81. The van der Waals surface area contributed by atoms with Gasteiger partial charge in [0, 0.05) is 33.4 Å². The third-order valence-electron chi connectivity index (χ3n) is 15.4. The van der Waals surface area contributed by atoms with Crippen LogP contribution in [0.1, 0.15) is 0 Å². The number of hydrogen-bond acceptors (Lipinski definition) is 1. The minimum Gasteiger partial charge on any atom is -0.311 e. The van der Waals surface area contributed by atoms with E-state index in [0.717, 1.165) is 28.2 Å². The van der Waals surface area contributed by atoms with Crippen molar-refractivity contribution in [3.8, 4) is 83.6 Å². The van der Waals surface area contributed by atoms with Crippen LogP contribution in [0.4, 0.5) is 17.1 Å². The third-order valence-corrected chi connectivity index (χ3v) is 15.4. The maximum absolute atomic E-state index is 2.41. The summed E-state index contributed by atoms with van der Waals surface area (Å²) < 4.78 is 2.41. The first-order chi connectivity index (χ1) is 38.6. The first-order valence-electron chi connectivity index (χ1n) is 26.8. The van der Waals surface area contributed by atoms with E-state index in [-0.39, 0.29) is 0 Å². The van der Waals surface area contributed by atoms with E-state index in [1.54, 1.807) is 0 Å². The average Bonchev–Trinajstić information content (AvgIpc) is 3.88. The lowest BCUT2D eigenvalue weighted by molar-refractivity contribution is 1.18. The highest BCUT2D eigenvalue weighted by Crippen LogP contribution is 2.41. The van der Waals surface area contributed by atoms with E-state index >= 15 is 0 Å². The van der Waals surface area contributed by atoms with Gasteiger partial charge in [-0.15, -0.1) is 0 Å². The van der Waals surface area contributed by atoms with Crippen molar-refractivity contribution in [3.63, 3.8) is 0 Å². The summed E-state index contributed by atoms with van der Waals surface area (Å²) in [6.45, 7) is 0. The minimum absolute atomic E-state index is 1.08. The topological polar surface area (TPSA) is 8.17 Å². The van der Waals surface area contributed by atoms with E-state index in [9.17, 15) is 0 Å². The van der Waals surface area contributed by atoms with Crippen LogP contribution in [0.25, 0.3) is 116 Å². The van der Waals surface area contributed by atoms with Crippen molar-refractivity contribution in [3.05, 3.63) is 315 Å². The Morgan fingerprint density at radius 3 is 1.10 bits per heavy atom. The standard InChI is InChI=1S/C76H52N2/c1-3-16-53(17-4-1)65-50-66(54-18-5-2-6-19-54)52-67(51-65)59-40-46-70(47-41-59)77(69-44-38-58(39-45-69)62-22-15-23-63(48-62)64-35-32-55-20-7-8-21-61(55)49-64)68-42-36-57(37-43-68)56-30-33-60(34-31-56)71-24-9-12-27-74(71)78-75-28-13-10-25-72(75)73-26-11-14-29-76(73)78/h1-52H. The van der Waals surface area contributed by atoms with Gasteiger partial charge < -0.3 is 9.47 Å². The maximum Gasteiger partial charge on any atom is 0.0541 e. The lowest BCUT2D eigenvalue weighted by Gasteiger charge is -2.26. The van der Waals surface area contributed by atoms with Gasteiger partial charge in [0.15, 0.2) is 0 Å². The zero-order valence-corrected chi connectivity index (χ0v) is 42.9. The molecule has 0 atom stereocenters. The number of benzene rings is 13. The molecule has 14 rings (SSSR count). The summed E-state index contributed by atoms with van der Waals surface area (Å²) >= 11 is 0. The molecule has 78 heavy (non-hydrogen) atoms. The lowest BCUT2D eigenvalue weighted by Crippen LogP contribution is -2.09. The summed E-state index contributed by atoms with van der Waals surface area (Å²) in [6.07, 6.45) is 0. The summed E-state index contributed by atoms with van der Waals surface area (Å²) in [7, 11) is 0. The number of para-hydroxylation sites is 3. The van der Waals surface area contributed by atoms with Crippen LogP contribution in [-0.2, 0) is 0 Å². The fraction of sp³-hybridized carbons (Fsp3) is 0. The van der Waals surface area contributed by atoms with Gasteiger partial charge in [-0.2, -0.15) is 0 Å². The Kier molecular flexibility index (Phi) is 11.9. The maximum atomic E-state index is 2.41. The quantitative estimate of drug-likeness (QED) is 0.125. The second-order valence-corrected chi connectivity index (χ2v) is 20.1. The molecule has 0 N–H and O–H groups in total. The fourth-order valence-electron chi connectivity index (χ4n) is 11.4. The van der Waals surface area contributed by atoms with Gasteiger partial charge >= 0.3 is 0 Å². The predicted octanol–water partition coefficient (Wildman–Crippen LogP) is 21.1. The van der Waals surface area contributed by atoms with Gasteiger partial charge in [-0.25, -0.2) is 0 Å². The molecule has 0 saturated carbocycles. The molecule has 2 nitrogen and oxygen atoms in total. The van der Waals surface area contributed by atoms with Gasteiger partial charge in [0.05, 0.1) is 16.7 Å². The Morgan fingerprint density at radius 2 is 0.551 bits per heavy atom. The van der Waals surface area contributed by atoms with Crippen LogP contribution in [-0.4, -0.2) is 4.57 Å². The molecular formula is C76H52N2. The lowest BCUT2D eigenvalue weighted by atomic mass is 9.93. The van der Waals surface area contributed by atoms with Gasteiger partial charge in [-0.3, -0.25) is 0 Å². The second-order valence-electron chi connectivity index (χ2n) is 20.1. The van der Waals surface area contributed by atoms with Crippen LogP contribution in [0, 0.1) is 0 Å². The van der Waals surface area contributed by atoms with Crippen molar-refractivity contribution < 1.29 is 0 Å². The van der Waals surface area contributed by atoms with Crippen molar-refractivity contribution in [2.24, 2.45) is 0 Å². The largest absolute Gasteiger partial charge is 0.311 e. The van der Waals surface area contributed by atoms with E-state index in [0.29, 0.717) is 0 Å². The van der Waals surface area contributed by atoms with Crippen LogP contribution >= 0.6 is 0 Å². The van der Waals surface area contributed by atoms with Crippen molar-refractivity contribution in [1.29, 1.82) is 0 Å². The highest BCUT2D eigenvalue weighted by molar-refractivity contribution is 6.09. The van der Waals surface area contributed by atoms with Gasteiger partial charge in [-0.05, 0) is 168 Å². The fourth-order valence-corrected chi connectivity index (χ4v) is 11.4. The summed E-state index contributed by atoms with van der Waals surface area (Å²) in [4.78, 5) is 2.37. The first kappa shape index (κ1) is 46.3. The predicted molar refractivity (Wildman–Crippen MR) is 331 cm³/mol. The number of anilines is 3. The molecule has 0 bridgehead atoms.